The van der Waals surface area contributed by atoms with Crippen LogP contribution in [-0.2, 0) is 0 Å². The van der Waals surface area contributed by atoms with Gasteiger partial charge in [0.1, 0.15) is 0 Å². The van der Waals surface area contributed by atoms with Crippen LogP contribution in [0, 0.1) is 0 Å². The molecule has 1 aromatic carbocycles. The molecule has 2 aliphatic heterocycles. The minimum atomic E-state index is 0.167. The van der Waals surface area contributed by atoms with Crippen LogP contribution in [0.4, 0.5) is 0 Å². The van der Waals surface area contributed by atoms with Crippen LogP contribution in [0.15, 0.2) is 48.6 Å². The van der Waals surface area contributed by atoms with Gasteiger partial charge in [0.15, 0.2) is 0 Å². The number of hydrogen-bond donors (Lipinski definition) is 0. The first-order chi connectivity index (χ1) is 7.81. The Morgan fingerprint density at radius 1 is 1.38 bits per heavy atom. The average molecular weight is 211 g/mol. The topological polar surface area (TPSA) is 20.3 Å². The Labute approximate surface area is 94.9 Å². The van der Waals surface area contributed by atoms with Crippen LogP contribution in [0.2, 0.25) is 0 Å². The molecular formula is C14H13NO. The molecule has 0 saturated carbocycles. The molecule has 0 radical (unpaired) electrons. The van der Waals surface area contributed by atoms with Crippen molar-refractivity contribution in [3.63, 3.8) is 0 Å². The molecule has 16 heavy (non-hydrogen) atoms. The highest BCUT2D eigenvalue weighted by Gasteiger charge is 2.37. The number of fused-ring (bicyclic) bond motifs is 3. The molecular weight excluding hydrogens is 198 g/mol. The third kappa shape index (κ3) is 1.16. The van der Waals surface area contributed by atoms with E-state index in [2.05, 4.69) is 18.7 Å². The van der Waals surface area contributed by atoms with Crippen molar-refractivity contribution < 1.29 is 4.79 Å². The summed E-state index contributed by atoms with van der Waals surface area (Å²) >= 11 is 0. The summed E-state index contributed by atoms with van der Waals surface area (Å²) in [5.41, 5.74) is 3.27. The van der Waals surface area contributed by atoms with E-state index in [1.54, 1.807) is 0 Å². The number of carbonyl (C=O) groups is 1. The van der Waals surface area contributed by atoms with Gasteiger partial charge in [0.2, 0.25) is 0 Å². The van der Waals surface area contributed by atoms with Crippen LogP contribution in [0.3, 0.4) is 0 Å². The van der Waals surface area contributed by atoms with E-state index in [1.165, 1.54) is 11.1 Å². The Bertz CT molecular complexity index is 501. The number of benzene rings is 1. The lowest BCUT2D eigenvalue weighted by atomic mass is 9.96. The first-order valence-electron chi connectivity index (χ1n) is 5.52. The molecule has 0 saturated heterocycles. The molecule has 1 atom stereocenters. The number of hydrogen-bond acceptors (Lipinski definition) is 1. The van der Waals surface area contributed by atoms with Gasteiger partial charge in [0.25, 0.3) is 5.91 Å². The number of rotatable bonds is 1. The molecule has 0 bridgehead atoms. The van der Waals surface area contributed by atoms with Crippen LogP contribution in [0.5, 0.6) is 0 Å². The molecule has 2 nitrogen and oxygen atoms in total. The Morgan fingerprint density at radius 3 is 3.00 bits per heavy atom. The first kappa shape index (κ1) is 9.40. The Morgan fingerprint density at radius 2 is 2.19 bits per heavy atom. The SMILES string of the molecule is C=CC1=CCN2C(=O)c3ccccc3C2C1. The lowest BCUT2D eigenvalue weighted by Gasteiger charge is -2.28. The minimum absolute atomic E-state index is 0.167. The molecule has 3 rings (SSSR count). The predicted octanol–water partition coefficient (Wildman–Crippen LogP) is 2.70. The molecule has 0 aromatic heterocycles. The van der Waals surface area contributed by atoms with Crippen molar-refractivity contribution in [1.82, 2.24) is 4.90 Å². The monoisotopic (exact) mass is 211 g/mol. The van der Waals surface area contributed by atoms with E-state index < -0.39 is 0 Å². The molecule has 0 fully saturated rings. The zero-order valence-corrected chi connectivity index (χ0v) is 9.02. The smallest absolute Gasteiger partial charge is 0.255 e. The van der Waals surface area contributed by atoms with E-state index >= 15 is 0 Å². The van der Waals surface area contributed by atoms with Gasteiger partial charge in [-0.05, 0) is 23.6 Å². The van der Waals surface area contributed by atoms with Crippen LogP contribution in [0.1, 0.15) is 28.4 Å². The highest BCUT2D eigenvalue weighted by Crippen LogP contribution is 2.39. The summed E-state index contributed by atoms with van der Waals surface area (Å²) in [7, 11) is 0. The van der Waals surface area contributed by atoms with Gasteiger partial charge in [-0.3, -0.25) is 4.79 Å². The second-order valence-electron chi connectivity index (χ2n) is 4.25. The van der Waals surface area contributed by atoms with Crippen LogP contribution in [-0.4, -0.2) is 17.4 Å². The van der Waals surface area contributed by atoms with E-state index in [4.69, 9.17) is 0 Å². The Hall–Kier alpha value is -1.83. The molecule has 0 aliphatic carbocycles. The van der Waals surface area contributed by atoms with Crippen molar-refractivity contribution in [2.75, 3.05) is 6.54 Å². The third-order valence-corrected chi connectivity index (χ3v) is 3.43. The van der Waals surface area contributed by atoms with E-state index in [-0.39, 0.29) is 11.9 Å². The molecule has 0 spiro atoms. The van der Waals surface area contributed by atoms with Gasteiger partial charge in [0.05, 0.1) is 6.04 Å². The molecule has 2 heterocycles. The van der Waals surface area contributed by atoms with Gasteiger partial charge < -0.3 is 4.90 Å². The van der Waals surface area contributed by atoms with E-state index in [0.29, 0.717) is 6.54 Å². The van der Waals surface area contributed by atoms with Crippen molar-refractivity contribution in [2.24, 2.45) is 0 Å². The fraction of sp³-hybridized carbons (Fsp3) is 0.214. The van der Waals surface area contributed by atoms with Gasteiger partial charge in [0, 0.05) is 12.1 Å². The summed E-state index contributed by atoms with van der Waals surface area (Å²) in [6.07, 6.45) is 4.88. The van der Waals surface area contributed by atoms with Gasteiger partial charge in [-0.1, -0.05) is 36.9 Å². The number of amides is 1. The maximum Gasteiger partial charge on any atom is 0.255 e. The van der Waals surface area contributed by atoms with Gasteiger partial charge in [-0.25, -0.2) is 0 Å². The summed E-state index contributed by atoms with van der Waals surface area (Å²) in [5, 5.41) is 0. The van der Waals surface area contributed by atoms with Crippen molar-refractivity contribution >= 4 is 5.91 Å². The molecule has 1 unspecified atom stereocenters. The lowest BCUT2D eigenvalue weighted by Crippen LogP contribution is -2.31. The summed E-state index contributed by atoms with van der Waals surface area (Å²) in [6.45, 7) is 4.51. The van der Waals surface area contributed by atoms with Crippen LogP contribution >= 0.6 is 0 Å². The van der Waals surface area contributed by atoms with Gasteiger partial charge in [-0.15, -0.1) is 0 Å². The Balaban J connectivity index is 2.07. The predicted molar refractivity (Wildman–Crippen MR) is 63.1 cm³/mol. The van der Waals surface area contributed by atoms with E-state index in [1.807, 2.05) is 29.2 Å². The van der Waals surface area contributed by atoms with Crippen molar-refractivity contribution in [1.29, 1.82) is 0 Å². The Kier molecular flexibility index (Phi) is 1.96. The normalized spacial score (nSPS) is 22.5. The number of allylic oxidation sites excluding steroid dienone is 1. The fourth-order valence-corrected chi connectivity index (χ4v) is 2.57. The second kappa shape index (κ2) is 3.34. The van der Waals surface area contributed by atoms with Crippen LogP contribution in [0.25, 0.3) is 0 Å². The zero-order chi connectivity index (χ0) is 11.1. The molecule has 1 amide bonds. The highest BCUT2D eigenvalue weighted by molar-refractivity contribution is 5.99. The summed E-state index contributed by atoms with van der Waals surface area (Å²) in [5.74, 6) is 0.167. The maximum atomic E-state index is 12.1. The van der Waals surface area contributed by atoms with E-state index in [9.17, 15) is 4.79 Å². The highest BCUT2D eigenvalue weighted by atomic mass is 16.2. The second-order valence-corrected chi connectivity index (χ2v) is 4.25. The summed E-state index contributed by atoms with van der Waals surface area (Å²) < 4.78 is 0. The summed E-state index contributed by atoms with van der Waals surface area (Å²) in [6, 6.07) is 8.13. The molecule has 0 N–H and O–H groups in total. The molecule has 2 heteroatoms. The minimum Gasteiger partial charge on any atom is -0.327 e. The molecule has 1 aromatic rings. The third-order valence-electron chi connectivity index (χ3n) is 3.43. The quantitative estimate of drug-likeness (QED) is 0.699. The van der Waals surface area contributed by atoms with Gasteiger partial charge in [-0.2, -0.15) is 0 Å². The van der Waals surface area contributed by atoms with Crippen molar-refractivity contribution in [3.8, 4) is 0 Å². The van der Waals surface area contributed by atoms with Crippen LogP contribution < -0.4 is 0 Å². The fourth-order valence-electron chi connectivity index (χ4n) is 2.57. The van der Waals surface area contributed by atoms with Crippen molar-refractivity contribution in [3.05, 3.63) is 59.7 Å². The number of nitrogens with zero attached hydrogens (tertiary/aromatic N) is 1. The standard InChI is InChI=1S/C14H13NO/c1-2-10-7-8-15-13(9-10)11-5-3-4-6-12(11)14(15)16/h2-7,13H,1,8-9H2. The largest absolute Gasteiger partial charge is 0.327 e. The van der Waals surface area contributed by atoms with Gasteiger partial charge >= 0.3 is 0 Å². The molecule has 80 valence electrons. The summed E-state index contributed by atoms with van der Waals surface area (Å²) in [4.78, 5) is 14.0. The maximum absolute atomic E-state index is 12.1. The number of carbonyl (C=O) groups excluding carboxylic acids is 1. The molecule has 2 aliphatic rings. The zero-order valence-electron chi connectivity index (χ0n) is 9.02. The average Bonchev–Trinajstić information content (AvgIpc) is 2.64. The lowest BCUT2D eigenvalue weighted by molar-refractivity contribution is 0.0739. The van der Waals surface area contributed by atoms with Crippen molar-refractivity contribution in [2.45, 2.75) is 12.5 Å². The van der Waals surface area contributed by atoms with E-state index in [0.717, 1.165) is 12.0 Å². The first-order valence-corrected chi connectivity index (χ1v) is 5.52.